The van der Waals surface area contributed by atoms with E-state index in [1.54, 1.807) is 13.1 Å². The summed E-state index contributed by atoms with van der Waals surface area (Å²) >= 11 is 0. The van der Waals surface area contributed by atoms with Gasteiger partial charge in [-0.05, 0) is 18.1 Å². The van der Waals surface area contributed by atoms with Crippen LogP contribution >= 0.6 is 0 Å². The number of hydrogen-bond acceptors (Lipinski definition) is 5. The van der Waals surface area contributed by atoms with E-state index in [0.29, 0.717) is 25.5 Å². The van der Waals surface area contributed by atoms with E-state index in [2.05, 4.69) is 12.2 Å². The van der Waals surface area contributed by atoms with Crippen LogP contribution in [0.25, 0.3) is 0 Å². The van der Waals surface area contributed by atoms with E-state index in [1.807, 2.05) is 6.07 Å². The Bertz CT molecular complexity index is 424. The predicted molar refractivity (Wildman–Crippen MR) is 78.0 cm³/mol. The highest BCUT2D eigenvalue weighted by Gasteiger charge is 2.13. The van der Waals surface area contributed by atoms with Crippen molar-refractivity contribution in [3.05, 3.63) is 33.9 Å². The molecule has 1 aromatic carbocycles. The van der Waals surface area contributed by atoms with Crippen LogP contribution in [0.15, 0.2) is 18.2 Å². The maximum Gasteiger partial charge on any atom is 0.292 e. The van der Waals surface area contributed by atoms with Crippen molar-refractivity contribution in [3.8, 4) is 0 Å². The average Bonchev–Trinajstić information content (AvgIpc) is 2.46. The van der Waals surface area contributed by atoms with Gasteiger partial charge in [-0.2, -0.15) is 0 Å². The Morgan fingerprint density at radius 2 is 2.00 bits per heavy atom. The summed E-state index contributed by atoms with van der Waals surface area (Å²) in [4.78, 5) is 10.5. The van der Waals surface area contributed by atoms with E-state index in [9.17, 15) is 10.1 Å². The Morgan fingerprint density at radius 3 is 2.65 bits per heavy atom. The summed E-state index contributed by atoms with van der Waals surface area (Å²) in [5.74, 6) is 0. The highest BCUT2D eigenvalue weighted by molar-refractivity contribution is 5.62. The zero-order valence-electron chi connectivity index (χ0n) is 12.1. The van der Waals surface area contributed by atoms with Gasteiger partial charge in [0.25, 0.3) is 5.69 Å². The zero-order valence-corrected chi connectivity index (χ0v) is 12.1. The van der Waals surface area contributed by atoms with Crippen LogP contribution in [-0.2, 0) is 16.1 Å². The molecule has 0 atom stereocenters. The van der Waals surface area contributed by atoms with E-state index in [-0.39, 0.29) is 5.69 Å². The quantitative estimate of drug-likeness (QED) is 0.406. The van der Waals surface area contributed by atoms with E-state index >= 15 is 0 Å². The lowest BCUT2D eigenvalue weighted by Crippen LogP contribution is -2.05. The first-order valence-electron chi connectivity index (χ1n) is 6.79. The van der Waals surface area contributed by atoms with Gasteiger partial charge < -0.3 is 14.8 Å². The first-order valence-corrected chi connectivity index (χ1v) is 6.79. The molecule has 112 valence electrons. The largest absolute Gasteiger partial charge is 0.383 e. The minimum absolute atomic E-state index is 0.0628. The number of unbranched alkanes of at least 4 members (excludes halogenated alkanes) is 1. The van der Waals surface area contributed by atoms with E-state index in [4.69, 9.17) is 9.47 Å². The molecule has 0 radical (unpaired) electrons. The number of hydrogen-bond donors (Lipinski definition) is 1. The summed E-state index contributed by atoms with van der Waals surface area (Å²) in [5.41, 5.74) is 1.35. The minimum atomic E-state index is -0.400. The molecule has 1 N–H and O–H groups in total. The van der Waals surface area contributed by atoms with Gasteiger partial charge >= 0.3 is 0 Å². The van der Waals surface area contributed by atoms with Crippen molar-refractivity contribution < 1.29 is 14.4 Å². The smallest absolute Gasteiger partial charge is 0.292 e. The molecule has 0 unspecified atom stereocenters. The monoisotopic (exact) mass is 282 g/mol. The van der Waals surface area contributed by atoms with Crippen LogP contribution in [0.2, 0.25) is 0 Å². The van der Waals surface area contributed by atoms with Crippen molar-refractivity contribution in [1.29, 1.82) is 0 Å². The molecule has 20 heavy (non-hydrogen) atoms. The number of nitrogens with zero attached hydrogens (tertiary/aromatic N) is 1. The van der Waals surface area contributed by atoms with Gasteiger partial charge in [0.2, 0.25) is 0 Å². The molecule has 0 saturated heterocycles. The molecule has 0 bridgehead atoms. The summed E-state index contributed by atoms with van der Waals surface area (Å²) in [7, 11) is 1.66. The molecule has 0 spiro atoms. The van der Waals surface area contributed by atoms with Gasteiger partial charge in [-0.1, -0.05) is 19.4 Å². The Labute approximate surface area is 119 Å². The molecule has 0 aliphatic rings. The lowest BCUT2D eigenvalue weighted by Gasteiger charge is -2.07. The highest BCUT2D eigenvalue weighted by Crippen LogP contribution is 2.25. The Hall–Kier alpha value is -1.66. The molecule has 0 aromatic heterocycles. The van der Waals surface area contributed by atoms with Gasteiger partial charge in [0.1, 0.15) is 5.69 Å². The Balaban J connectivity index is 2.37. The molecular formula is C14H22N2O4. The van der Waals surface area contributed by atoms with Gasteiger partial charge in [0.05, 0.1) is 24.7 Å². The fourth-order valence-electron chi connectivity index (χ4n) is 1.69. The topological polar surface area (TPSA) is 73.6 Å². The third-order valence-corrected chi connectivity index (χ3v) is 2.81. The molecular weight excluding hydrogens is 260 g/mol. The number of anilines is 1. The zero-order chi connectivity index (χ0) is 14.8. The van der Waals surface area contributed by atoms with Crippen molar-refractivity contribution in [2.75, 3.05) is 32.2 Å². The standard InChI is InChI=1S/C14H22N2O4/c1-3-4-7-19-8-9-20-11-12-5-6-13(15-2)14(10-12)16(17)18/h5-6,10,15H,3-4,7-9,11H2,1-2H3. The average molecular weight is 282 g/mol. The normalized spacial score (nSPS) is 10.5. The van der Waals surface area contributed by atoms with Crippen LogP contribution < -0.4 is 5.32 Å². The van der Waals surface area contributed by atoms with E-state index < -0.39 is 4.92 Å². The summed E-state index contributed by atoms with van der Waals surface area (Å²) < 4.78 is 10.8. The number of ether oxygens (including phenoxy) is 2. The van der Waals surface area contributed by atoms with Gasteiger partial charge in [0, 0.05) is 19.7 Å². The lowest BCUT2D eigenvalue weighted by molar-refractivity contribution is -0.384. The van der Waals surface area contributed by atoms with Crippen molar-refractivity contribution in [2.45, 2.75) is 26.4 Å². The maximum absolute atomic E-state index is 10.9. The van der Waals surface area contributed by atoms with Crippen molar-refractivity contribution in [1.82, 2.24) is 0 Å². The second-order valence-electron chi connectivity index (χ2n) is 4.38. The molecule has 0 heterocycles. The van der Waals surface area contributed by atoms with E-state index in [0.717, 1.165) is 25.0 Å². The lowest BCUT2D eigenvalue weighted by atomic mass is 10.2. The number of nitrogens with one attached hydrogen (secondary N) is 1. The number of nitro benzene ring substituents is 1. The molecule has 6 heteroatoms. The van der Waals surface area contributed by atoms with Crippen LogP contribution in [-0.4, -0.2) is 31.8 Å². The van der Waals surface area contributed by atoms with Gasteiger partial charge in [-0.15, -0.1) is 0 Å². The first kappa shape index (κ1) is 16.4. The number of nitro groups is 1. The second kappa shape index (κ2) is 9.28. The van der Waals surface area contributed by atoms with Gasteiger partial charge in [-0.25, -0.2) is 0 Å². The summed E-state index contributed by atoms with van der Waals surface area (Å²) in [6, 6.07) is 5.04. The molecule has 6 nitrogen and oxygen atoms in total. The number of rotatable bonds is 10. The first-order chi connectivity index (χ1) is 9.69. The van der Waals surface area contributed by atoms with Crippen LogP contribution in [0.1, 0.15) is 25.3 Å². The summed E-state index contributed by atoms with van der Waals surface area (Å²) in [5, 5.41) is 13.7. The fourth-order valence-corrected chi connectivity index (χ4v) is 1.69. The summed E-state index contributed by atoms with van der Waals surface area (Å²) in [6.45, 7) is 4.26. The third-order valence-electron chi connectivity index (χ3n) is 2.81. The molecule has 1 aromatic rings. The predicted octanol–water partition coefficient (Wildman–Crippen LogP) is 2.97. The fraction of sp³-hybridized carbons (Fsp3) is 0.571. The van der Waals surface area contributed by atoms with Crippen LogP contribution in [0.4, 0.5) is 11.4 Å². The van der Waals surface area contributed by atoms with Crippen LogP contribution in [0.3, 0.4) is 0 Å². The van der Waals surface area contributed by atoms with Gasteiger partial charge in [-0.3, -0.25) is 10.1 Å². The highest BCUT2D eigenvalue weighted by atomic mass is 16.6. The Morgan fingerprint density at radius 1 is 1.25 bits per heavy atom. The second-order valence-corrected chi connectivity index (χ2v) is 4.38. The molecule has 0 fully saturated rings. The molecule has 0 aliphatic carbocycles. The van der Waals surface area contributed by atoms with Gasteiger partial charge in [0.15, 0.2) is 0 Å². The third kappa shape index (κ3) is 5.54. The maximum atomic E-state index is 10.9. The van der Waals surface area contributed by atoms with E-state index in [1.165, 1.54) is 6.07 Å². The van der Waals surface area contributed by atoms with Crippen LogP contribution in [0.5, 0.6) is 0 Å². The molecule has 0 aliphatic heterocycles. The SMILES string of the molecule is CCCCOCCOCc1ccc(NC)c([N+](=O)[O-])c1. The molecule has 0 saturated carbocycles. The molecule has 0 amide bonds. The van der Waals surface area contributed by atoms with Crippen molar-refractivity contribution >= 4 is 11.4 Å². The van der Waals surface area contributed by atoms with Crippen molar-refractivity contribution in [3.63, 3.8) is 0 Å². The molecule has 1 rings (SSSR count). The van der Waals surface area contributed by atoms with Crippen LogP contribution in [0, 0.1) is 10.1 Å². The summed E-state index contributed by atoms with van der Waals surface area (Å²) in [6.07, 6.45) is 2.17. The number of benzene rings is 1. The Kier molecular flexibility index (Phi) is 7.60. The van der Waals surface area contributed by atoms with Crippen molar-refractivity contribution in [2.24, 2.45) is 0 Å². The minimum Gasteiger partial charge on any atom is -0.383 e.